The third kappa shape index (κ3) is 4.80. The van der Waals surface area contributed by atoms with E-state index in [9.17, 15) is 12.8 Å². The van der Waals surface area contributed by atoms with E-state index in [0.717, 1.165) is 17.8 Å². The molecule has 0 unspecified atom stereocenters. The van der Waals surface area contributed by atoms with Gasteiger partial charge in [0, 0.05) is 41.9 Å². The van der Waals surface area contributed by atoms with Gasteiger partial charge in [0.05, 0.1) is 12.8 Å². The van der Waals surface area contributed by atoms with Gasteiger partial charge in [0.1, 0.15) is 10.8 Å². The molecule has 1 saturated heterocycles. The SMILES string of the molecule is CS(=O)(=O)N1CCC[C@H](c2nnc(Nc3ccn(Cc4c(F)cccc4Cl)n3)s2)C1. The molecular formula is C18H20ClFN6O2S2. The molecule has 3 aromatic rings. The van der Waals surface area contributed by atoms with Crippen molar-refractivity contribution in [2.24, 2.45) is 0 Å². The van der Waals surface area contributed by atoms with Gasteiger partial charge in [-0.05, 0) is 25.0 Å². The lowest BCUT2D eigenvalue weighted by Gasteiger charge is -2.29. The van der Waals surface area contributed by atoms with Crippen LogP contribution in [0.5, 0.6) is 0 Å². The molecule has 30 heavy (non-hydrogen) atoms. The van der Waals surface area contributed by atoms with E-state index in [-0.39, 0.29) is 18.3 Å². The molecule has 1 fully saturated rings. The van der Waals surface area contributed by atoms with E-state index >= 15 is 0 Å². The van der Waals surface area contributed by atoms with Gasteiger partial charge in [0.2, 0.25) is 15.2 Å². The molecule has 0 bridgehead atoms. The summed E-state index contributed by atoms with van der Waals surface area (Å²) in [5.74, 6) is 0.200. The number of piperidine rings is 1. The first kappa shape index (κ1) is 21.2. The quantitative estimate of drug-likeness (QED) is 0.593. The van der Waals surface area contributed by atoms with Gasteiger partial charge in [0.25, 0.3) is 0 Å². The van der Waals surface area contributed by atoms with Crippen molar-refractivity contribution in [2.75, 3.05) is 24.7 Å². The molecular weight excluding hydrogens is 451 g/mol. The number of rotatable bonds is 6. The van der Waals surface area contributed by atoms with E-state index in [4.69, 9.17) is 11.6 Å². The molecule has 2 aromatic heterocycles. The van der Waals surface area contributed by atoms with E-state index < -0.39 is 10.0 Å². The minimum absolute atomic E-state index is 0.0299. The molecule has 0 saturated carbocycles. The lowest BCUT2D eigenvalue weighted by molar-refractivity contribution is 0.316. The van der Waals surface area contributed by atoms with Crippen LogP contribution in [0.25, 0.3) is 0 Å². The van der Waals surface area contributed by atoms with Crippen LogP contribution in [0.15, 0.2) is 30.5 Å². The molecule has 0 radical (unpaired) electrons. The van der Waals surface area contributed by atoms with Gasteiger partial charge >= 0.3 is 0 Å². The van der Waals surface area contributed by atoms with E-state index in [1.165, 1.54) is 28.0 Å². The summed E-state index contributed by atoms with van der Waals surface area (Å²) in [7, 11) is -3.21. The highest BCUT2D eigenvalue weighted by Gasteiger charge is 2.29. The molecule has 160 valence electrons. The third-order valence-corrected chi connectivity index (χ3v) is 7.53. The second-order valence-electron chi connectivity index (χ2n) is 7.13. The first-order valence-corrected chi connectivity index (χ1v) is 12.4. The number of aromatic nitrogens is 4. The standard InChI is InChI=1S/C18H20ClFN6O2S2/c1-30(27,28)26-8-3-4-12(10-26)17-22-23-18(29-17)21-16-7-9-25(24-16)11-13-14(19)5-2-6-15(13)20/h2,5-7,9,12H,3-4,8,10-11H2,1H3,(H,21,23,24)/t12-/m0/s1. The Hall–Kier alpha value is -2.08. The van der Waals surface area contributed by atoms with Crippen LogP contribution < -0.4 is 5.32 Å². The van der Waals surface area contributed by atoms with E-state index in [1.807, 2.05) is 0 Å². The summed E-state index contributed by atoms with van der Waals surface area (Å²) >= 11 is 7.46. The average Bonchev–Trinajstić information content (AvgIpc) is 3.34. The zero-order valence-corrected chi connectivity index (χ0v) is 18.5. The Labute approximate surface area is 182 Å². The maximum atomic E-state index is 14.0. The predicted molar refractivity (Wildman–Crippen MR) is 114 cm³/mol. The summed E-state index contributed by atoms with van der Waals surface area (Å²) in [6.45, 7) is 1.17. The summed E-state index contributed by atoms with van der Waals surface area (Å²) in [5.41, 5.74) is 0.375. The van der Waals surface area contributed by atoms with E-state index in [1.54, 1.807) is 29.1 Å². The second kappa shape index (κ2) is 8.58. The maximum absolute atomic E-state index is 14.0. The first-order chi connectivity index (χ1) is 14.3. The molecule has 12 heteroatoms. The number of hydrogen-bond acceptors (Lipinski definition) is 7. The van der Waals surface area contributed by atoms with Crippen LogP contribution >= 0.6 is 22.9 Å². The number of sulfonamides is 1. The van der Waals surface area contributed by atoms with Gasteiger partial charge in [0.15, 0.2) is 5.82 Å². The largest absolute Gasteiger partial charge is 0.313 e. The zero-order valence-electron chi connectivity index (χ0n) is 16.1. The van der Waals surface area contributed by atoms with Gasteiger partial charge in [-0.2, -0.15) is 5.10 Å². The van der Waals surface area contributed by atoms with Crippen molar-refractivity contribution in [2.45, 2.75) is 25.3 Å². The van der Waals surface area contributed by atoms with Crippen LogP contribution in [-0.4, -0.2) is 52.0 Å². The molecule has 1 aliphatic rings. The molecule has 0 aliphatic carbocycles. The number of halogens is 2. The van der Waals surface area contributed by atoms with E-state index in [0.29, 0.717) is 34.6 Å². The van der Waals surface area contributed by atoms with Gasteiger partial charge in [-0.15, -0.1) is 10.2 Å². The molecule has 0 amide bonds. The van der Waals surface area contributed by atoms with Gasteiger partial charge in [-0.1, -0.05) is 29.0 Å². The highest BCUT2D eigenvalue weighted by atomic mass is 35.5. The van der Waals surface area contributed by atoms with Gasteiger partial charge < -0.3 is 5.32 Å². The molecule has 0 spiro atoms. The monoisotopic (exact) mass is 470 g/mol. The van der Waals surface area contributed by atoms with Crippen molar-refractivity contribution >= 4 is 43.9 Å². The zero-order chi connectivity index (χ0) is 21.3. The Morgan fingerprint density at radius 3 is 2.93 bits per heavy atom. The smallest absolute Gasteiger partial charge is 0.211 e. The van der Waals surface area contributed by atoms with Crippen molar-refractivity contribution in [3.05, 3.63) is 51.9 Å². The minimum Gasteiger partial charge on any atom is -0.313 e. The number of nitrogens with zero attached hydrogens (tertiary/aromatic N) is 5. The lowest BCUT2D eigenvalue weighted by atomic mass is 10.0. The predicted octanol–water partition coefficient (Wildman–Crippen LogP) is 3.46. The number of anilines is 2. The number of nitrogens with one attached hydrogen (secondary N) is 1. The van der Waals surface area contributed by atoms with Crippen LogP contribution in [0.2, 0.25) is 5.02 Å². The highest BCUT2D eigenvalue weighted by molar-refractivity contribution is 7.88. The molecule has 1 aromatic carbocycles. The first-order valence-electron chi connectivity index (χ1n) is 9.31. The maximum Gasteiger partial charge on any atom is 0.211 e. The normalized spacial score (nSPS) is 17.9. The fraction of sp³-hybridized carbons (Fsp3) is 0.389. The fourth-order valence-electron chi connectivity index (χ4n) is 3.37. The summed E-state index contributed by atoms with van der Waals surface area (Å²) in [6, 6.07) is 6.32. The lowest BCUT2D eigenvalue weighted by Crippen LogP contribution is -2.38. The Morgan fingerprint density at radius 1 is 1.33 bits per heavy atom. The number of hydrogen-bond donors (Lipinski definition) is 1. The summed E-state index contributed by atoms with van der Waals surface area (Å²) in [5, 5.41) is 17.6. The van der Waals surface area contributed by atoms with Crippen molar-refractivity contribution in [3.8, 4) is 0 Å². The molecule has 1 N–H and O–H groups in total. The Balaban J connectivity index is 1.42. The highest BCUT2D eigenvalue weighted by Crippen LogP contribution is 2.32. The number of benzene rings is 1. The van der Waals surface area contributed by atoms with Crippen molar-refractivity contribution in [3.63, 3.8) is 0 Å². The summed E-state index contributed by atoms with van der Waals surface area (Å²) < 4.78 is 40.7. The van der Waals surface area contributed by atoms with Crippen LogP contribution in [0, 0.1) is 5.82 Å². The molecule has 8 nitrogen and oxygen atoms in total. The van der Waals surface area contributed by atoms with Gasteiger partial charge in [-0.3, -0.25) is 4.68 Å². The summed E-state index contributed by atoms with van der Waals surface area (Å²) in [4.78, 5) is 0. The Kier molecular flexibility index (Phi) is 6.05. The second-order valence-corrected chi connectivity index (χ2v) is 10.5. The van der Waals surface area contributed by atoms with E-state index in [2.05, 4.69) is 20.6 Å². The topological polar surface area (TPSA) is 93.0 Å². The van der Waals surface area contributed by atoms with Crippen LogP contribution in [0.3, 0.4) is 0 Å². The summed E-state index contributed by atoms with van der Waals surface area (Å²) in [6.07, 6.45) is 4.62. The Morgan fingerprint density at radius 2 is 2.17 bits per heavy atom. The van der Waals surface area contributed by atoms with Gasteiger partial charge in [-0.25, -0.2) is 17.1 Å². The van der Waals surface area contributed by atoms with Crippen LogP contribution in [0.1, 0.15) is 29.3 Å². The minimum atomic E-state index is -3.21. The molecule has 4 rings (SSSR count). The molecule has 3 heterocycles. The molecule has 1 atom stereocenters. The fourth-order valence-corrected chi connectivity index (χ4v) is 5.38. The average molecular weight is 471 g/mol. The third-order valence-electron chi connectivity index (χ3n) is 4.90. The van der Waals surface area contributed by atoms with Crippen molar-refractivity contribution < 1.29 is 12.8 Å². The van der Waals surface area contributed by atoms with Crippen molar-refractivity contribution in [1.82, 2.24) is 24.3 Å². The van der Waals surface area contributed by atoms with Crippen molar-refractivity contribution in [1.29, 1.82) is 0 Å². The molecule has 1 aliphatic heterocycles. The van der Waals surface area contributed by atoms with Crippen LogP contribution in [0.4, 0.5) is 15.3 Å². The van der Waals surface area contributed by atoms with Crippen LogP contribution in [-0.2, 0) is 16.6 Å². The Bertz CT molecular complexity index is 1130.